The number of amides is 1. The molecule has 0 unspecified atom stereocenters. The number of rotatable bonds is 5. The zero-order valence-corrected chi connectivity index (χ0v) is 12.6. The smallest absolute Gasteiger partial charge is 0.251 e. The molecule has 0 aliphatic carbocycles. The molecule has 6 nitrogen and oxygen atoms in total. The fraction of sp³-hybridized carbons (Fsp3) is 0.333. The highest BCUT2D eigenvalue weighted by Crippen LogP contribution is 2.22. The third kappa shape index (κ3) is 3.53. The van der Waals surface area contributed by atoms with E-state index in [1.165, 1.54) is 0 Å². The van der Waals surface area contributed by atoms with Gasteiger partial charge < -0.3 is 16.0 Å². The van der Waals surface area contributed by atoms with E-state index in [1.54, 1.807) is 23.0 Å². The lowest BCUT2D eigenvalue weighted by molar-refractivity contribution is 0.0954. The lowest BCUT2D eigenvalue weighted by Crippen LogP contribution is -2.26. The Labute approximate surface area is 124 Å². The first-order valence-electron chi connectivity index (χ1n) is 6.81. The van der Waals surface area contributed by atoms with E-state index in [0.29, 0.717) is 17.8 Å². The second kappa shape index (κ2) is 6.30. The van der Waals surface area contributed by atoms with Gasteiger partial charge in [-0.25, -0.2) is 0 Å². The Balaban J connectivity index is 1.94. The van der Waals surface area contributed by atoms with E-state index in [9.17, 15) is 4.79 Å². The minimum atomic E-state index is -0.117. The Morgan fingerprint density at radius 2 is 2.14 bits per heavy atom. The number of nitrogens with two attached hydrogens (primary N) is 1. The number of anilines is 2. The summed E-state index contributed by atoms with van der Waals surface area (Å²) < 4.78 is 1.80. The van der Waals surface area contributed by atoms with Gasteiger partial charge in [0.05, 0.1) is 11.4 Å². The summed E-state index contributed by atoms with van der Waals surface area (Å²) >= 11 is 0. The number of carbonyl (C=O) groups is 1. The van der Waals surface area contributed by atoms with Crippen LogP contribution in [0.15, 0.2) is 30.5 Å². The fourth-order valence-corrected chi connectivity index (χ4v) is 2.16. The zero-order chi connectivity index (χ0) is 15.4. The van der Waals surface area contributed by atoms with Crippen LogP contribution < -0.4 is 16.0 Å². The molecule has 1 amide bonds. The summed E-state index contributed by atoms with van der Waals surface area (Å²) in [4.78, 5) is 14.0. The maximum absolute atomic E-state index is 12.1. The quantitative estimate of drug-likeness (QED) is 0.806. The van der Waals surface area contributed by atoms with Crippen molar-refractivity contribution in [2.24, 2.45) is 7.05 Å². The van der Waals surface area contributed by atoms with Crippen molar-refractivity contribution in [1.29, 1.82) is 0 Å². The minimum Gasteiger partial charge on any atom is -0.397 e. The van der Waals surface area contributed by atoms with E-state index in [0.717, 1.165) is 17.8 Å². The number of aryl methyl sites for hydroxylation is 1. The van der Waals surface area contributed by atoms with Crippen LogP contribution in [0.3, 0.4) is 0 Å². The van der Waals surface area contributed by atoms with Gasteiger partial charge in [0.15, 0.2) is 0 Å². The third-order valence-electron chi connectivity index (χ3n) is 3.36. The predicted molar refractivity (Wildman–Crippen MR) is 84.4 cm³/mol. The van der Waals surface area contributed by atoms with Crippen molar-refractivity contribution in [3.8, 4) is 0 Å². The molecule has 0 bridgehead atoms. The molecule has 0 saturated carbocycles. The van der Waals surface area contributed by atoms with Crippen LogP contribution in [0.1, 0.15) is 16.1 Å². The van der Waals surface area contributed by atoms with Crippen molar-refractivity contribution in [2.75, 3.05) is 31.3 Å². The first kappa shape index (κ1) is 14.9. The number of nitrogens with one attached hydrogen (secondary N) is 1. The number of carbonyl (C=O) groups excluding carboxylic acids is 1. The molecular weight excluding hydrogens is 266 g/mol. The third-order valence-corrected chi connectivity index (χ3v) is 3.36. The first-order chi connectivity index (χ1) is 9.99. The summed E-state index contributed by atoms with van der Waals surface area (Å²) in [6.45, 7) is 0.563. The summed E-state index contributed by atoms with van der Waals surface area (Å²) in [7, 11) is 5.72. The number of hydrogen-bond donors (Lipinski definition) is 2. The van der Waals surface area contributed by atoms with Crippen LogP contribution in [0.4, 0.5) is 11.4 Å². The van der Waals surface area contributed by atoms with Crippen LogP contribution in [0.2, 0.25) is 0 Å². The average Bonchev–Trinajstić information content (AvgIpc) is 2.83. The molecule has 2 rings (SSSR count). The monoisotopic (exact) mass is 287 g/mol. The van der Waals surface area contributed by atoms with Crippen LogP contribution in [0.5, 0.6) is 0 Å². The van der Waals surface area contributed by atoms with E-state index in [1.807, 2.05) is 38.2 Å². The first-order valence-corrected chi connectivity index (χ1v) is 6.81. The Hall–Kier alpha value is -2.50. The van der Waals surface area contributed by atoms with Gasteiger partial charge >= 0.3 is 0 Å². The van der Waals surface area contributed by atoms with Gasteiger partial charge in [-0.05, 0) is 24.3 Å². The molecule has 1 heterocycles. The Kier molecular flexibility index (Phi) is 4.47. The van der Waals surface area contributed by atoms with Gasteiger partial charge in [-0.3, -0.25) is 9.48 Å². The molecule has 0 saturated heterocycles. The van der Waals surface area contributed by atoms with Gasteiger partial charge in [0.2, 0.25) is 0 Å². The molecule has 0 aliphatic rings. The number of aromatic nitrogens is 2. The van der Waals surface area contributed by atoms with Crippen molar-refractivity contribution in [3.05, 3.63) is 41.7 Å². The molecule has 1 aromatic heterocycles. The van der Waals surface area contributed by atoms with E-state index in [4.69, 9.17) is 5.73 Å². The standard InChI is InChI=1S/C15H21N5O/c1-19(2)14-5-4-11(10-13(14)16)15(21)17-8-6-12-7-9-18-20(12)3/h4-5,7,9-10H,6,8,16H2,1-3H3,(H,17,21). The molecular formula is C15H21N5O. The van der Waals surface area contributed by atoms with Crippen molar-refractivity contribution in [2.45, 2.75) is 6.42 Å². The zero-order valence-electron chi connectivity index (χ0n) is 12.6. The molecule has 0 fully saturated rings. The molecule has 3 N–H and O–H groups in total. The van der Waals surface area contributed by atoms with E-state index < -0.39 is 0 Å². The van der Waals surface area contributed by atoms with Crippen LogP contribution in [-0.2, 0) is 13.5 Å². The maximum Gasteiger partial charge on any atom is 0.251 e. The van der Waals surface area contributed by atoms with Gasteiger partial charge in [-0.15, -0.1) is 0 Å². The molecule has 112 valence electrons. The molecule has 21 heavy (non-hydrogen) atoms. The van der Waals surface area contributed by atoms with Gasteiger partial charge in [-0.2, -0.15) is 5.10 Å². The highest BCUT2D eigenvalue weighted by molar-refractivity contribution is 5.96. The summed E-state index contributed by atoms with van der Waals surface area (Å²) in [6.07, 6.45) is 2.49. The van der Waals surface area contributed by atoms with Crippen molar-refractivity contribution in [1.82, 2.24) is 15.1 Å². The SMILES string of the molecule is CN(C)c1ccc(C(=O)NCCc2ccnn2C)cc1N. The Morgan fingerprint density at radius 3 is 2.71 bits per heavy atom. The van der Waals surface area contributed by atoms with Crippen LogP contribution in [-0.4, -0.2) is 36.3 Å². The molecule has 6 heteroatoms. The van der Waals surface area contributed by atoms with E-state index in [-0.39, 0.29) is 5.91 Å². The maximum atomic E-state index is 12.1. The minimum absolute atomic E-state index is 0.117. The van der Waals surface area contributed by atoms with Crippen LogP contribution in [0, 0.1) is 0 Å². The van der Waals surface area contributed by atoms with Gasteiger partial charge in [-0.1, -0.05) is 0 Å². The summed E-state index contributed by atoms with van der Waals surface area (Å²) in [5.74, 6) is -0.117. The Morgan fingerprint density at radius 1 is 1.38 bits per heavy atom. The molecule has 1 aromatic carbocycles. The van der Waals surface area contributed by atoms with Crippen molar-refractivity contribution >= 4 is 17.3 Å². The Bertz CT molecular complexity index is 633. The van der Waals surface area contributed by atoms with Crippen LogP contribution >= 0.6 is 0 Å². The van der Waals surface area contributed by atoms with Crippen LogP contribution in [0.25, 0.3) is 0 Å². The second-order valence-electron chi connectivity index (χ2n) is 5.12. The van der Waals surface area contributed by atoms with Crippen molar-refractivity contribution in [3.63, 3.8) is 0 Å². The summed E-state index contributed by atoms with van der Waals surface area (Å²) in [5, 5.41) is 6.98. The van der Waals surface area contributed by atoms with Gasteiger partial charge in [0, 0.05) is 51.6 Å². The fourth-order valence-electron chi connectivity index (χ4n) is 2.16. The number of benzene rings is 1. The topological polar surface area (TPSA) is 76.2 Å². The molecule has 0 atom stereocenters. The number of nitrogen functional groups attached to an aromatic ring is 1. The van der Waals surface area contributed by atoms with Gasteiger partial charge in [0.25, 0.3) is 5.91 Å². The normalized spacial score (nSPS) is 10.4. The largest absolute Gasteiger partial charge is 0.397 e. The highest BCUT2D eigenvalue weighted by atomic mass is 16.1. The van der Waals surface area contributed by atoms with Crippen molar-refractivity contribution < 1.29 is 4.79 Å². The molecule has 2 aromatic rings. The number of nitrogens with zero attached hydrogens (tertiary/aromatic N) is 3. The summed E-state index contributed by atoms with van der Waals surface area (Å²) in [5.41, 5.74) is 9.11. The molecule has 0 radical (unpaired) electrons. The molecule has 0 aliphatic heterocycles. The number of hydrogen-bond acceptors (Lipinski definition) is 4. The second-order valence-corrected chi connectivity index (χ2v) is 5.12. The lowest BCUT2D eigenvalue weighted by atomic mass is 10.1. The summed E-state index contributed by atoms with van der Waals surface area (Å²) in [6, 6.07) is 7.28. The predicted octanol–water partition coefficient (Wildman–Crippen LogP) is 1.04. The van der Waals surface area contributed by atoms with E-state index >= 15 is 0 Å². The van der Waals surface area contributed by atoms with Gasteiger partial charge in [0.1, 0.15) is 0 Å². The average molecular weight is 287 g/mol. The van der Waals surface area contributed by atoms with E-state index in [2.05, 4.69) is 10.4 Å². The highest BCUT2D eigenvalue weighted by Gasteiger charge is 2.09. The molecule has 0 spiro atoms. The lowest BCUT2D eigenvalue weighted by Gasteiger charge is -2.15.